The topological polar surface area (TPSA) is 82.7 Å². The highest BCUT2D eigenvalue weighted by atomic mass is 16.2. The van der Waals surface area contributed by atoms with Crippen LogP contribution < -0.4 is 10.6 Å². The molecular formula is C20H21N5O. The lowest BCUT2D eigenvalue weighted by atomic mass is 10.1. The zero-order valence-corrected chi connectivity index (χ0v) is 14.6. The van der Waals surface area contributed by atoms with Crippen molar-refractivity contribution in [1.29, 1.82) is 0 Å². The van der Waals surface area contributed by atoms with E-state index >= 15 is 0 Å². The minimum atomic E-state index is -0.0487. The maximum Gasteiger partial charge on any atom is 0.228 e. The lowest BCUT2D eigenvalue weighted by Gasteiger charge is -2.14. The summed E-state index contributed by atoms with van der Waals surface area (Å²) in [5, 5.41) is 13.2. The van der Waals surface area contributed by atoms with Gasteiger partial charge in [-0.3, -0.25) is 9.89 Å². The van der Waals surface area contributed by atoms with E-state index < -0.39 is 0 Å². The van der Waals surface area contributed by atoms with E-state index in [1.54, 1.807) is 0 Å². The Morgan fingerprint density at radius 3 is 2.69 bits per heavy atom. The normalized spacial score (nSPS) is 18.3. The second-order valence-electron chi connectivity index (χ2n) is 6.63. The zero-order chi connectivity index (χ0) is 17.9. The smallest absolute Gasteiger partial charge is 0.228 e. The summed E-state index contributed by atoms with van der Waals surface area (Å²) in [6.45, 7) is 2.81. The molecule has 0 saturated heterocycles. The Morgan fingerprint density at radius 1 is 1.15 bits per heavy atom. The molecule has 1 aromatic heterocycles. The van der Waals surface area contributed by atoms with Gasteiger partial charge in [0.2, 0.25) is 5.91 Å². The van der Waals surface area contributed by atoms with Crippen LogP contribution in [0.25, 0.3) is 0 Å². The number of rotatable bonds is 6. The molecule has 0 unspecified atom stereocenters. The number of hydrogen-bond donors (Lipinski definition) is 3. The molecule has 1 fully saturated rings. The number of nitrogens with zero attached hydrogens (tertiary/aromatic N) is 2. The fourth-order valence-electron chi connectivity index (χ4n) is 3.15. The number of aromatic amines is 1. The minimum absolute atomic E-state index is 0.0246. The predicted molar refractivity (Wildman–Crippen MR) is 101 cm³/mol. The summed E-state index contributed by atoms with van der Waals surface area (Å²) in [6, 6.07) is 16.1. The number of H-pyrrole nitrogens is 1. The summed E-state index contributed by atoms with van der Waals surface area (Å²) in [7, 11) is 0. The van der Waals surface area contributed by atoms with Crippen molar-refractivity contribution in [3.05, 3.63) is 71.8 Å². The van der Waals surface area contributed by atoms with Gasteiger partial charge in [-0.05, 0) is 36.6 Å². The van der Waals surface area contributed by atoms with E-state index in [0.29, 0.717) is 6.54 Å². The predicted octanol–water partition coefficient (Wildman–Crippen LogP) is 3.47. The van der Waals surface area contributed by atoms with Crippen molar-refractivity contribution in [2.75, 3.05) is 10.6 Å². The Bertz CT molecular complexity index is 906. The van der Waals surface area contributed by atoms with Crippen molar-refractivity contribution in [2.45, 2.75) is 25.8 Å². The number of carbonyl (C=O) groups excluding carboxylic acids is 1. The van der Waals surface area contributed by atoms with Gasteiger partial charge in [-0.1, -0.05) is 36.4 Å². The number of para-hydroxylation sites is 2. The van der Waals surface area contributed by atoms with Gasteiger partial charge in [-0.15, -0.1) is 0 Å². The lowest BCUT2D eigenvalue weighted by molar-refractivity contribution is -0.117. The van der Waals surface area contributed by atoms with Crippen molar-refractivity contribution in [1.82, 2.24) is 15.2 Å². The van der Waals surface area contributed by atoms with Gasteiger partial charge in [0.1, 0.15) is 12.2 Å². The van der Waals surface area contributed by atoms with Crippen LogP contribution >= 0.6 is 0 Å². The first kappa shape index (κ1) is 16.3. The Morgan fingerprint density at radius 2 is 1.92 bits per heavy atom. The Labute approximate surface area is 152 Å². The molecule has 1 amide bonds. The average Bonchev–Trinajstić information content (AvgIpc) is 3.27. The monoisotopic (exact) mass is 347 g/mol. The van der Waals surface area contributed by atoms with E-state index in [2.05, 4.69) is 44.9 Å². The second kappa shape index (κ2) is 7.00. The van der Waals surface area contributed by atoms with Crippen molar-refractivity contribution >= 4 is 17.3 Å². The van der Waals surface area contributed by atoms with Gasteiger partial charge in [0, 0.05) is 18.4 Å². The molecule has 1 aliphatic carbocycles. The number of aromatic nitrogens is 3. The zero-order valence-electron chi connectivity index (χ0n) is 14.6. The molecule has 26 heavy (non-hydrogen) atoms. The van der Waals surface area contributed by atoms with Crippen LogP contribution in [0.4, 0.5) is 11.4 Å². The van der Waals surface area contributed by atoms with Gasteiger partial charge in [0.15, 0.2) is 0 Å². The van der Waals surface area contributed by atoms with E-state index in [-0.39, 0.29) is 17.7 Å². The number of hydrogen-bond acceptors (Lipinski definition) is 4. The quantitative estimate of drug-likeness (QED) is 0.638. The largest absolute Gasteiger partial charge is 0.379 e. The number of aryl methyl sites for hydroxylation is 1. The average molecular weight is 347 g/mol. The van der Waals surface area contributed by atoms with Crippen LogP contribution in [0.2, 0.25) is 0 Å². The number of carbonyl (C=O) groups is 1. The molecular weight excluding hydrogens is 326 g/mol. The molecule has 6 heteroatoms. The SMILES string of the molecule is Cc1ccccc1CNc1ccccc1NC(=O)[C@H]1C[C@@H]1c1ncn[nH]1. The van der Waals surface area contributed by atoms with Crippen LogP contribution in [0, 0.1) is 12.8 Å². The molecule has 1 heterocycles. The Balaban J connectivity index is 1.41. The van der Waals surface area contributed by atoms with E-state index in [0.717, 1.165) is 23.6 Å². The maximum atomic E-state index is 12.6. The summed E-state index contributed by atoms with van der Waals surface area (Å²) in [6.07, 6.45) is 2.28. The number of benzene rings is 2. The third-order valence-electron chi connectivity index (χ3n) is 4.83. The molecule has 2 atom stereocenters. The summed E-state index contributed by atoms with van der Waals surface area (Å²) in [4.78, 5) is 16.7. The van der Waals surface area contributed by atoms with Gasteiger partial charge in [0.25, 0.3) is 0 Å². The molecule has 2 aromatic carbocycles. The Hall–Kier alpha value is -3.15. The molecule has 4 rings (SSSR count). The van der Waals surface area contributed by atoms with Crippen LogP contribution in [0.5, 0.6) is 0 Å². The lowest BCUT2D eigenvalue weighted by Crippen LogP contribution is -2.16. The fraction of sp³-hybridized carbons (Fsp3) is 0.250. The molecule has 1 saturated carbocycles. The standard InChI is InChI=1S/C20H21N5O/c1-13-6-2-3-7-14(13)11-21-17-8-4-5-9-18(17)24-20(26)16-10-15(16)19-22-12-23-25-19/h2-9,12,15-16,21H,10-11H2,1H3,(H,24,26)(H,22,23,25)/t15-,16-/m0/s1. The number of nitrogens with one attached hydrogen (secondary N) is 3. The molecule has 0 spiro atoms. The number of amides is 1. The summed E-state index contributed by atoms with van der Waals surface area (Å²) in [5.74, 6) is 0.907. The molecule has 0 radical (unpaired) electrons. The van der Waals surface area contributed by atoms with Crippen LogP contribution in [0.3, 0.4) is 0 Å². The van der Waals surface area contributed by atoms with Gasteiger partial charge in [-0.25, -0.2) is 4.98 Å². The van der Waals surface area contributed by atoms with Crippen molar-refractivity contribution in [2.24, 2.45) is 5.92 Å². The van der Waals surface area contributed by atoms with Gasteiger partial charge < -0.3 is 10.6 Å². The van der Waals surface area contributed by atoms with Crippen molar-refractivity contribution in [3.63, 3.8) is 0 Å². The highest BCUT2D eigenvalue weighted by Gasteiger charge is 2.46. The van der Waals surface area contributed by atoms with Crippen LogP contribution in [-0.2, 0) is 11.3 Å². The second-order valence-corrected chi connectivity index (χ2v) is 6.63. The molecule has 3 N–H and O–H groups in total. The molecule has 6 nitrogen and oxygen atoms in total. The van der Waals surface area contributed by atoms with Crippen LogP contribution in [0.15, 0.2) is 54.9 Å². The molecule has 0 bridgehead atoms. The van der Waals surface area contributed by atoms with Crippen molar-refractivity contribution in [3.8, 4) is 0 Å². The molecule has 3 aromatic rings. The number of anilines is 2. The van der Waals surface area contributed by atoms with E-state index in [1.807, 2.05) is 36.4 Å². The van der Waals surface area contributed by atoms with Crippen LogP contribution in [-0.4, -0.2) is 21.1 Å². The third kappa shape index (κ3) is 3.44. The Kier molecular flexibility index (Phi) is 4.39. The molecule has 1 aliphatic rings. The highest BCUT2D eigenvalue weighted by Crippen LogP contribution is 2.46. The highest BCUT2D eigenvalue weighted by molar-refractivity contribution is 5.97. The molecule has 132 valence electrons. The first-order valence-corrected chi connectivity index (χ1v) is 8.76. The first-order chi connectivity index (χ1) is 12.7. The van der Waals surface area contributed by atoms with Gasteiger partial charge in [-0.2, -0.15) is 5.10 Å². The van der Waals surface area contributed by atoms with E-state index in [9.17, 15) is 4.79 Å². The first-order valence-electron chi connectivity index (χ1n) is 8.76. The maximum absolute atomic E-state index is 12.6. The van der Waals surface area contributed by atoms with Crippen LogP contribution in [0.1, 0.15) is 29.3 Å². The van der Waals surface area contributed by atoms with E-state index in [4.69, 9.17) is 0 Å². The van der Waals surface area contributed by atoms with Gasteiger partial charge >= 0.3 is 0 Å². The summed E-state index contributed by atoms with van der Waals surface area (Å²) in [5.41, 5.74) is 4.20. The minimum Gasteiger partial charge on any atom is -0.379 e. The fourth-order valence-corrected chi connectivity index (χ4v) is 3.15. The van der Waals surface area contributed by atoms with Crippen molar-refractivity contribution < 1.29 is 4.79 Å². The summed E-state index contributed by atoms with van der Waals surface area (Å²) < 4.78 is 0. The van der Waals surface area contributed by atoms with E-state index in [1.165, 1.54) is 17.5 Å². The molecule has 0 aliphatic heterocycles. The summed E-state index contributed by atoms with van der Waals surface area (Å²) >= 11 is 0. The van der Waals surface area contributed by atoms with Gasteiger partial charge in [0.05, 0.1) is 11.4 Å². The third-order valence-corrected chi connectivity index (χ3v) is 4.83.